The van der Waals surface area contributed by atoms with Crippen molar-refractivity contribution in [2.24, 2.45) is 0 Å². The van der Waals surface area contributed by atoms with Gasteiger partial charge in [-0.05, 0) is 47.3 Å². The summed E-state index contributed by atoms with van der Waals surface area (Å²) in [4.78, 5) is 4.11. The molecule has 1 aromatic heterocycles. The van der Waals surface area contributed by atoms with Gasteiger partial charge >= 0.3 is 0 Å². The fourth-order valence-electron chi connectivity index (χ4n) is 1.40. The third-order valence-electron chi connectivity index (χ3n) is 2.32. The Morgan fingerprint density at radius 1 is 1.42 bits per heavy atom. The van der Waals surface area contributed by atoms with Crippen LogP contribution in [0.3, 0.4) is 0 Å². The van der Waals surface area contributed by atoms with E-state index in [0.717, 1.165) is 6.42 Å². The van der Waals surface area contributed by atoms with Crippen molar-refractivity contribution in [3.63, 3.8) is 0 Å². The quantitative estimate of drug-likeness (QED) is 0.675. The molecule has 0 aromatic carbocycles. The molecule has 2 rings (SSSR count). The van der Waals surface area contributed by atoms with Gasteiger partial charge in [0.05, 0.1) is 5.69 Å². The van der Waals surface area contributed by atoms with Crippen molar-refractivity contribution < 1.29 is 4.39 Å². The van der Waals surface area contributed by atoms with Crippen LogP contribution >= 0.6 is 15.9 Å². The molecule has 1 aromatic rings. The van der Waals surface area contributed by atoms with E-state index in [1.165, 1.54) is 0 Å². The molecule has 1 nitrogen and oxygen atoms in total. The van der Waals surface area contributed by atoms with E-state index in [1.54, 1.807) is 6.07 Å². The van der Waals surface area contributed by atoms with Crippen LogP contribution in [0.1, 0.15) is 25.0 Å². The molecule has 0 unspecified atom stereocenters. The van der Waals surface area contributed by atoms with Crippen LogP contribution < -0.4 is 0 Å². The molecule has 0 aliphatic heterocycles. The Morgan fingerprint density at radius 2 is 2.17 bits per heavy atom. The minimum absolute atomic E-state index is 0.572. The molecule has 1 fully saturated rings. The van der Waals surface area contributed by atoms with Crippen molar-refractivity contribution >= 4 is 15.9 Å². The normalized spacial score (nSPS) is 20.2. The highest BCUT2D eigenvalue weighted by Crippen LogP contribution is 2.44. The molecule has 12 heavy (non-hydrogen) atoms. The molecule has 64 valence electrons. The predicted octanol–water partition coefficient (Wildman–Crippen LogP) is 3.19. The van der Waals surface area contributed by atoms with Gasteiger partial charge in [0.2, 0.25) is 0 Å². The number of pyridine rings is 1. The summed E-state index contributed by atoms with van der Waals surface area (Å²) in [5.41, 5.74) is -0.563. The zero-order valence-corrected chi connectivity index (χ0v) is 8.14. The van der Waals surface area contributed by atoms with Crippen molar-refractivity contribution in [3.8, 4) is 0 Å². The minimum Gasteiger partial charge on any atom is -0.243 e. The van der Waals surface area contributed by atoms with E-state index in [-0.39, 0.29) is 0 Å². The van der Waals surface area contributed by atoms with E-state index in [2.05, 4.69) is 20.9 Å². The van der Waals surface area contributed by atoms with Crippen LogP contribution in [-0.4, -0.2) is 4.98 Å². The molecular weight excluding hydrogens is 221 g/mol. The number of alkyl halides is 1. The third-order valence-corrected chi connectivity index (χ3v) is 2.76. The smallest absolute Gasteiger partial charge is 0.152 e. The summed E-state index contributed by atoms with van der Waals surface area (Å²) in [5, 5.41) is 0. The van der Waals surface area contributed by atoms with E-state index in [4.69, 9.17) is 0 Å². The van der Waals surface area contributed by atoms with Gasteiger partial charge in [-0.3, -0.25) is 0 Å². The maximum Gasteiger partial charge on any atom is 0.152 e. The first kappa shape index (κ1) is 8.17. The van der Waals surface area contributed by atoms with Gasteiger partial charge in [-0.1, -0.05) is 6.07 Å². The number of hydrogen-bond acceptors (Lipinski definition) is 1. The SMILES string of the molecule is FC1(c2cccc(Br)n2)CCC1. The lowest BCUT2D eigenvalue weighted by atomic mass is 9.79. The lowest BCUT2D eigenvalue weighted by molar-refractivity contribution is 0.0558. The summed E-state index contributed by atoms with van der Waals surface area (Å²) >= 11 is 3.23. The van der Waals surface area contributed by atoms with Gasteiger partial charge in [0.15, 0.2) is 5.67 Å². The largest absolute Gasteiger partial charge is 0.243 e. The average Bonchev–Trinajstić information content (AvgIpc) is 2.00. The summed E-state index contributed by atoms with van der Waals surface area (Å²) < 4.78 is 14.4. The van der Waals surface area contributed by atoms with E-state index < -0.39 is 5.67 Å². The Hall–Kier alpha value is -0.440. The molecule has 0 N–H and O–H groups in total. The molecule has 0 bridgehead atoms. The fourth-order valence-corrected chi connectivity index (χ4v) is 1.74. The monoisotopic (exact) mass is 229 g/mol. The van der Waals surface area contributed by atoms with Crippen LogP contribution in [0, 0.1) is 0 Å². The first-order valence-corrected chi connectivity index (χ1v) is 4.82. The minimum atomic E-state index is -1.14. The fraction of sp³-hybridized carbons (Fsp3) is 0.444. The van der Waals surface area contributed by atoms with Gasteiger partial charge in [-0.2, -0.15) is 0 Å². The second-order valence-corrected chi connectivity index (χ2v) is 3.98. The Morgan fingerprint density at radius 3 is 2.67 bits per heavy atom. The second kappa shape index (κ2) is 2.80. The van der Waals surface area contributed by atoms with Gasteiger partial charge in [0.1, 0.15) is 4.60 Å². The molecule has 0 amide bonds. The Kier molecular flexibility index (Phi) is 1.91. The summed E-state index contributed by atoms with van der Waals surface area (Å²) in [7, 11) is 0. The molecule has 1 heterocycles. The third kappa shape index (κ3) is 1.26. The zero-order valence-electron chi connectivity index (χ0n) is 6.56. The highest BCUT2D eigenvalue weighted by atomic mass is 79.9. The van der Waals surface area contributed by atoms with Crippen molar-refractivity contribution in [1.29, 1.82) is 0 Å². The lowest BCUT2D eigenvalue weighted by Crippen LogP contribution is -2.29. The lowest BCUT2D eigenvalue weighted by Gasteiger charge is -2.33. The number of nitrogens with zero attached hydrogens (tertiary/aromatic N) is 1. The molecule has 0 radical (unpaired) electrons. The molecule has 0 atom stereocenters. The molecule has 1 saturated carbocycles. The molecule has 3 heteroatoms. The summed E-state index contributed by atoms with van der Waals surface area (Å²) in [6, 6.07) is 5.39. The van der Waals surface area contributed by atoms with Crippen LogP contribution in [0.15, 0.2) is 22.8 Å². The van der Waals surface area contributed by atoms with Crippen LogP contribution in [0.5, 0.6) is 0 Å². The summed E-state index contributed by atoms with van der Waals surface area (Å²) in [5.74, 6) is 0. The van der Waals surface area contributed by atoms with Crippen LogP contribution in [-0.2, 0) is 5.67 Å². The maximum absolute atomic E-state index is 13.7. The highest BCUT2D eigenvalue weighted by molar-refractivity contribution is 9.10. The Labute approximate surface area is 79.1 Å². The van der Waals surface area contributed by atoms with E-state index >= 15 is 0 Å². The standard InChI is InChI=1S/C9H9BrFN/c10-8-4-1-3-7(12-8)9(11)5-2-6-9/h1,3-4H,2,5-6H2. The van der Waals surface area contributed by atoms with Gasteiger partial charge < -0.3 is 0 Å². The number of rotatable bonds is 1. The first-order valence-electron chi connectivity index (χ1n) is 4.03. The predicted molar refractivity (Wildman–Crippen MR) is 48.6 cm³/mol. The maximum atomic E-state index is 13.7. The average molecular weight is 230 g/mol. The van der Waals surface area contributed by atoms with Gasteiger partial charge in [-0.15, -0.1) is 0 Å². The van der Waals surface area contributed by atoms with E-state index in [9.17, 15) is 4.39 Å². The van der Waals surface area contributed by atoms with Crippen molar-refractivity contribution in [1.82, 2.24) is 4.98 Å². The first-order chi connectivity index (χ1) is 5.71. The van der Waals surface area contributed by atoms with Crippen LogP contribution in [0.4, 0.5) is 4.39 Å². The second-order valence-electron chi connectivity index (χ2n) is 3.16. The summed E-state index contributed by atoms with van der Waals surface area (Å²) in [6.45, 7) is 0. The molecule has 1 aliphatic rings. The van der Waals surface area contributed by atoms with Gasteiger partial charge in [-0.25, -0.2) is 9.37 Å². The van der Waals surface area contributed by atoms with Crippen LogP contribution in [0.2, 0.25) is 0 Å². The number of halogens is 2. The molecular formula is C9H9BrFN. The summed E-state index contributed by atoms with van der Waals surface area (Å²) in [6.07, 6.45) is 2.22. The van der Waals surface area contributed by atoms with Crippen molar-refractivity contribution in [2.75, 3.05) is 0 Å². The van der Waals surface area contributed by atoms with Gasteiger partial charge in [0, 0.05) is 0 Å². The highest BCUT2D eigenvalue weighted by Gasteiger charge is 2.40. The van der Waals surface area contributed by atoms with Crippen molar-refractivity contribution in [3.05, 3.63) is 28.5 Å². The van der Waals surface area contributed by atoms with Crippen molar-refractivity contribution in [2.45, 2.75) is 24.9 Å². The Bertz CT molecular complexity index is 296. The molecule has 0 spiro atoms. The zero-order chi connectivity index (χ0) is 8.60. The van der Waals surface area contributed by atoms with Gasteiger partial charge in [0.25, 0.3) is 0 Å². The Balaban J connectivity index is 2.33. The molecule has 1 aliphatic carbocycles. The number of aromatic nitrogens is 1. The van der Waals surface area contributed by atoms with E-state index in [1.807, 2.05) is 12.1 Å². The molecule has 0 saturated heterocycles. The number of hydrogen-bond donors (Lipinski definition) is 0. The van der Waals surface area contributed by atoms with E-state index in [0.29, 0.717) is 23.1 Å². The van der Waals surface area contributed by atoms with Crippen LogP contribution in [0.25, 0.3) is 0 Å². The topological polar surface area (TPSA) is 12.9 Å².